The summed E-state index contributed by atoms with van der Waals surface area (Å²) < 4.78 is 27.6. The molecule has 0 bridgehead atoms. The molecule has 0 saturated heterocycles. The van der Waals surface area contributed by atoms with E-state index in [0.717, 1.165) is 12.8 Å². The third-order valence-corrected chi connectivity index (χ3v) is 5.54. The normalized spacial score (nSPS) is 16.7. The summed E-state index contributed by atoms with van der Waals surface area (Å²) in [6, 6.07) is 2.41. The van der Waals surface area contributed by atoms with Crippen molar-refractivity contribution in [3.05, 3.63) is 33.4 Å². The van der Waals surface area contributed by atoms with Gasteiger partial charge in [0.1, 0.15) is 0 Å². The van der Waals surface area contributed by atoms with Crippen LogP contribution in [0.5, 0.6) is 0 Å². The number of aryl methyl sites for hydroxylation is 1. The van der Waals surface area contributed by atoms with E-state index < -0.39 is 20.6 Å². The molecule has 0 radical (unpaired) electrons. The standard InChI is InChI=1S/C13H19N3O4S/c1-8-3-6-12(16(17)18)13(9(8)2)21(19,20)15-11(7-14)10-4-5-10/h3,6,10-11,15H,4-5,7,14H2,1-2H3. The Bertz CT molecular complexity index is 668. The second-order valence-electron chi connectivity index (χ2n) is 5.41. The molecule has 1 aliphatic rings. The van der Waals surface area contributed by atoms with E-state index in [9.17, 15) is 18.5 Å². The highest BCUT2D eigenvalue weighted by Gasteiger charge is 2.36. The maximum atomic E-state index is 12.6. The van der Waals surface area contributed by atoms with Gasteiger partial charge in [0.05, 0.1) is 4.92 Å². The Morgan fingerprint density at radius 2 is 2.05 bits per heavy atom. The van der Waals surface area contributed by atoms with Crippen LogP contribution in [0, 0.1) is 29.9 Å². The lowest BCUT2D eigenvalue weighted by Gasteiger charge is -2.17. The first-order valence-electron chi connectivity index (χ1n) is 6.75. The molecule has 116 valence electrons. The van der Waals surface area contributed by atoms with Crippen molar-refractivity contribution < 1.29 is 13.3 Å². The SMILES string of the molecule is Cc1ccc([N+](=O)[O-])c(S(=O)(=O)NC(CN)C2CC2)c1C. The number of rotatable bonds is 6. The third kappa shape index (κ3) is 3.22. The maximum absolute atomic E-state index is 12.6. The quantitative estimate of drug-likeness (QED) is 0.605. The zero-order chi connectivity index (χ0) is 15.8. The van der Waals surface area contributed by atoms with Gasteiger partial charge in [-0.2, -0.15) is 0 Å². The second-order valence-corrected chi connectivity index (χ2v) is 7.06. The van der Waals surface area contributed by atoms with Crippen LogP contribution in [0.4, 0.5) is 5.69 Å². The number of nitrogens with zero attached hydrogens (tertiary/aromatic N) is 1. The summed E-state index contributed by atoms with van der Waals surface area (Å²) in [5, 5.41) is 11.1. The Labute approximate surface area is 123 Å². The van der Waals surface area contributed by atoms with E-state index >= 15 is 0 Å². The van der Waals surface area contributed by atoms with Crippen LogP contribution in [0.25, 0.3) is 0 Å². The lowest BCUT2D eigenvalue weighted by molar-refractivity contribution is -0.387. The first-order chi connectivity index (χ1) is 9.77. The molecule has 1 unspecified atom stereocenters. The van der Waals surface area contributed by atoms with Gasteiger partial charge in [-0.05, 0) is 43.7 Å². The molecule has 0 heterocycles. The highest BCUT2D eigenvalue weighted by Crippen LogP contribution is 2.34. The first kappa shape index (κ1) is 15.9. The molecule has 1 aliphatic carbocycles. The largest absolute Gasteiger partial charge is 0.329 e. The Hall–Kier alpha value is -1.51. The zero-order valence-corrected chi connectivity index (χ0v) is 12.8. The third-order valence-electron chi connectivity index (χ3n) is 3.87. The summed E-state index contributed by atoms with van der Waals surface area (Å²) in [6.07, 6.45) is 1.86. The number of sulfonamides is 1. The van der Waals surface area contributed by atoms with Gasteiger partial charge in [-0.15, -0.1) is 0 Å². The van der Waals surface area contributed by atoms with Crippen molar-refractivity contribution in [3.63, 3.8) is 0 Å². The Morgan fingerprint density at radius 1 is 1.43 bits per heavy atom. The van der Waals surface area contributed by atoms with E-state index in [1.165, 1.54) is 6.07 Å². The summed E-state index contributed by atoms with van der Waals surface area (Å²) in [5.41, 5.74) is 6.28. The molecule has 1 atom stereocenters. The van der Waals surface area contributed by atoms with E-state index in [1.54, 1.807) is 19.9 Å². The van der Waals surface area contributed by atoms with Gasteiger partial charge in [-0.25, -0.2) is 13.1 Å². The highest BCUT2D eigenvalue weighted by atomic mass is 32.2. The average molecular weight is 313 g/mol. The molecular weight excluding hydrogens is 294 g/mol. The number of nitrogens with two attached hydrogens (primary N) is 1. The van der Waals surface area contributed by atoms with Crippen molar-refractivity contribution in [3.8, 4) is 0 Å². The highest BCUT2D eigenvalue weighted by molar-refractivity contribution is 7.89. The fraction of sp³-hybridized carbons (Fsp3) is 0.538. The summed E-state index contributed by atoms with van der Waals surface area (Å²) in [5.74, 6) is 0.231. The predicted octanol–water partition coefficient (Wildman–Crippen LogP) is 1.23. The number of nitrogens with one attached hydrogen (secondary N) is 1. The van der Waals surface area contributed by atoms with Gasteiger partial charge in [0.25, 0.3) is 5.69 Å². The number of nitro groups is 1. The number of benzene rings is 1. The molecule has 21 heavy (non-hydrogen) atoms. The summed E-state index contributed by atoms with van der Waals surface area (Å²) in [7, 11) is -3.98. The maximum Gasteiger partial charge on any atom is 0.289 e. The van der Waals surface area contributed by atoms with Crippen LogP contribution in [-0.2, 0) is 10.0 Å². The smallest absolute Gasteiger partial charge is 0.289 e. The van der Waals surface area contributed by atoms with Crippen molar-refractivity contribution in [2.75, 3.05) is 6.54 Å². The fourth-order valence-corrected chi connectivity index (χ4v) is 4.14. The van der Waals surface area contributed by atoms with Crippen molar-refractivity contribution in [1.82, 2.24) is 4.72 Å². The van der Waals surface area contributed by atoms with E-state index in [0.29, 0.717) is 11.1 Å². The predicted molar refractivity (Wildman–Crippen MR) is 78.5 cm³/mol. The number of nitro benzene ring substituents is 1. The van der Waals surface area contributed by atoms with Gasteiger partial charge in [0.15, 0.2) is 4.90 Å². The van der Waals surface area contributed by atoms with Crippen molar-refractivity contribution >= 4 is 15.7 Å². The minimum absolute atomic E-state index is 0.183. The van der Waals surface area contributed by atoms with E-state index in [2.05, 4.69) is 4.72 Å². The number of hydrogen-bond donors (Lipinski definition) is 2. The first-order valence-corrected chi connectivity index (χ1v) is 8.23. The van der Waals surface area contributed by atoms with Gasteiger partial charge in [0.2, 0.25) is 10.0 Å². The molecular formula is C13H19N3O4S. The van der Waals surface area contributed by atoms with Crippen molar-refractivity contribution in [2.24, 2.45) is 11.7 Å². The molecule has 1 aromatic carbocycles. The van der Waals surface area contributed by atoms with Crippen LogP contribution in [0.15, 0.2) is 17.0 Å². The zero-order valence-electron chi connectivity index (χ0n) is 12.0. The fourth-order valence-electron chi connectivity index (χ4n) is 2.35. The van der Waals surface area contributed by atoms with E-state index in [4.69, 9.17) is 5.73 Å². The van der Waals surface area contributed by atoms with Gasteiger partial charge < -0.3 is 5.73 Å². The molecule has 1 aromatic rings. The molecule has 0 aliphatic heterocycles. The average Bonchev–Trinajstić information content (AvgIpc) is 3.22. The summed E-state index contributed by atoms with van der Waals surface area (Å²) in [4.78, 5) is 10.2. The van der Waals surface area contributed by atoms with Crippen LogP contribution in [0.3, 0.4) is 0 Å². The summed E-state index contributed by atoms with van der Waals surface area (Å²) >= 11 is 0. The molecule has 1 fully saturated rings. The molecule has 0 aromatic heterocycles. The van der Waals surface area contributed by atoms with Crippen molar-refractivity contribution in [2.45, 2.75) is 37.6 Å². The van der Waals surface area contributed by atoms with Crippen LogP contribution < -0.4 is 10.5 Å². The van der Waals surface area contributed by atoms with Crippen LogP contribution in [-0.4, -0.2) is 25.9 Å². The molecule has 8 heteroatoms. The molecule has 0 spiro atoms. The van der Waals surface area contributed by atoms with Crippen LogP contribution in [0.2, 0.25) is 0 Å². The Balaban J connectivity index is 2.47. The van der Waals surface area contributed by atoms with E-state index in [-0.39, 0.29) is 23.4 Å². The number of hydrogen-bond acceptors (Lipinski definition) is 5. The van der Waals surface area contributed by atoms with Crippen molar-refractivity contribution in [1.29, 1.82) is 0 Å². The van der Waals surface area contributed by atoms with E-state index in [1.807, 2.05) is 0 Å². The van der Waals surface area contributed by atoms with Gasteiger partial charge in [0, 0.05) is 18.7 Å². The summed E-state index contributed by atoms with van der Waals surface area (Å²) in [6.45, 7) is 3.48. The monoisotopic (exact) mass is 313 g/mol. The molecule has 1 saturated carbocycles. The Morgan fingerprint density at radius 3 is 2.52 bits per heavy atom. The lowest BCUT2D eigenvalue weighted by atomic mass is 10.1. The second kappa shape index (κ2) is 5.70. The Kier molecular flexibility index (Phi) is 4.31. The van der Waals surface area contributed by atoms with Crippen LogP contribution >= 0.6 is 0 Å². The van der Waals surface area contributed by atoms with Gasteiger partial charge in [-0.1, -0.05) is 6.07 Å². The minimum atomic E-state index is -3.98. The lowest BCUT2D eigenvalue weighted by Crippen LogP contribution is -2.42. The topological polar surface area (TPSA) is 115 Å². The van der Waals surface area contributed by atoms with Gasteiger partial charge >= 0.3 is 0 Å². The molecule has 3 N–H and O–H groups in total. The van der Waals surface area contributed by atoms with Crippen LogP contribution in [0.1, 0.15) is 24.0 Å². The molecule has 2 rings (SSSR count). The molecule has 0 amide bonds. The minimum Gasteiger partial charge on any atom is -0.329 e. The van der Waals surface area contributed by atoms with Gasteiger partial charge in [-0.3, -0.25) is 10.1 Å². The molecule has 7 nitrogen and oxygen atoms in total.